The van der Waals surface area contributed by atoms with E-state index in [0.29, 0.717) is 17.0 Å². The Morgan fingerprint density at radius 1 is 0.933 bits per heavy atom. The molecule has 1 amide bonds. The van der Waals surface area contributed by atoms with Gasteiger partial charge in [-0.2, -0.15) is 0 Å². The first kappa shape index (κ1) is 19.0. The molecule has 8 heteroatoms. The van der Waals surface area contributed by atoms with E-state index < -0.39 is 5.91 Å². The number of carbonyl (C=O) groups is 1. The van der Waals surface area contributed by atoms with E-state index in [4.69, 9.17) is 10.5 Å². The molecule has 0 aliphatic heterocycles. The molecule has 4 aromatic rings. The van der Waals surface area contributed by atoms with Crippen molar-refractivity contribution in [3.63, 3.8) is 0 Å². The first-order valence-electron chi connectivity index (χ1n) is 9.01. The molecule has 150 valence electrons. The number of primary amides is 1. The summed E-state index contributed by atoms with van der Waals surface area (Å²) in [6.45, 7) is 0. The highest BCUT2D eigenvalue weighted by Gasteiger charge is 2.23. The third kappa shape index (κ3) is 3.30. The van der Waals surface area contributed by atoms with Gasteiger partial charge < -0.3 is 20.7 Å². The van der Waals surface area contributed by atoms with Crippen LogP contribution >= 0.6 is 0 Å². The Labute approximate surface area is 171 Å². The van der Waals surface area contributed by atoms with Gasteiger partial charge in [0.05, 0.1) is 12.7 Å². The van der Waals surface area contributed by atoms with Gasteiger partial charge in [-0.05, 0) is 35.9 Å². The summed E-state index contributed by atoms with van der Waals surface area (Å²) in [5.74, 6) is -0.343. The fraction of sp³-hybridized carbons (Fsp3) is 0.0455. The van der Waals surface area contributed by atoms with Crippen LogP contribution in [0.15, 0.2) is 66.7 Å². The number of amides is 1. The molecule has 0 spiro atoms. The smallest absolute Gasteiger partial charge is 0.287 e. The van der Waals surface area contributed by atoms with Gasteiger partial charge in [-0.3, -0.25) is 9.36 Å². The average molecular weight is 402 g/mol. The van der Waals surface area contributed by atoms with Crippen LogP contribution in [0.4, 0.5) is 0 Å². The number of ether oxygens (including phenoxy) is 1. The van der Waals surface area contributed by atoms with Crippen LogP contribution in [0.2, 0.25) is 0 Å². The number of aromatic nitrogens is 3. The minimum Gasteiger partial charge on any atom is -0.507 e. The molecule has 1 heterocycles. The van der Waals surface area contributed by atoms with Crippen molar-refractivity contribution in [3.8, 4) is 45.5 Å². The van der Waals surface area contributed by atoms with E-state index in [2.05, 4.69) is 10.2 Å². The summed E-state index contributed by atoms with van der Waals surface area (Å²) < 4.78 is 6.62. The monoisotopic (exact) mass is 402 g/mol. The molecule has 0 aliphatic rings. The van der Waals surface area contributed by atoms with Gasteiger partial charge in [-0.15, -0.1) is 10.2 Å². The topological polar surface area (TPSA) is 123 Å². The van der Waals surface area contributed by atoms with Gasteiger partial charge in [-0.25, -0.2) is 0 Å². The Morgan fingerprint density at radius 3 is 2.23 bits per heavy atom. The second-order valence-corrected chi connectivity index (χ2v) is 6.50. The molecule has 3 aromatic carbocycles. The number of methoxy groups -OCH3 is 1. The standard InChI is InChI=1S/C22H18N4O4/c1-30-15-9-7-14(8-10-15)26-21(24-25-22(26)20(23)29)17-11-16(18(27)12-19(17)28)13-5-3-2-4-6-13/h2-12,27-28H,1H3,(H2,23,29). The number of phenols is 2. The lowest BCUT2D eigenvalue weighted by molar-refractivity contribution is 0.0988. The van der Waals surface area contributed by atoms with E-state index in [-0.39, 0.29) is 28.7 Å². The number of aromatic hydroxyl groups is 2. The summed E-state index contributed by atoms with van der Waals surface area (Å²) in [6.07, 6.45) is 0. The van der Waals surface area contributed by atoms with Crippen LogP contribution in [0.1, 0.15) is 10.6 Å². The van der Waals surface area contributed by atoms with Crippen molar-refractivity contribution in [1.29, 1.82) is 0 Å². The quantitative estimate of drug-likeness (QED) is 0.471. The molecular formula is C22H18N4O4. The zero-order valence-corrected chi connectivity index (χ0v) is 16.0. The van der Waals surface area contributed by atoms with Crippen molar-refractivity contribution < 1.29 is 19.7 Å². The van der Waals surface area contributed by atoms with Crippen LogP contribution in [-0.2, 0) is 0 Å². The van der Waals surface area contributed by atoms with E-state index in [1.807, 2.05) is 30.3 Å². The average Bonchev–Trinajstić information content (AvgIpc) is 3.20. The number of benzene rings is 3. The summed E-state index contributed by atoms with van der Waals surface area (Å²) in [5.41, 5.74) is 7.57. The minimum atomic E-state index is -0.772. The SMILES string of the molecule is COc1ccc(-n2c(C(N)=O)nnc2-c2cc(-c3ccccc3)c(O)cc2O)cc1. The fourth-order valence-electron chi connectivity index (χ4n) is 3.20. The first-order valence-corrected chi connectivity index (χ1v) is 9.01. The van der Waals surface area contributed by atoms with Crippen molar-refractivity contribution >= 4 is 5.91 Å². The van der Waals surface area contributed by atoms with Gasteiger partial charge >= 0.3 is 0 Å². The van der Waals surface area contributed by atoms with Crippen LogP contribution in [-0.4, -0.2) is 38.0 Å². The summed E-state index contributed by atoms with van der Waals surface area (Å²) in [6, 6.07) is 18.9. The third-order valence-electron chi connectivity index (χ3n) is 4.65. The van der Waals surface area contributed by atoms with Crippen LogP contribution in [0.3, 0.4) is 0 Å². The Kier molecular flexibility index (Phi) is 4.81. The number of carbonyl (C=O) groups excluding carboxylic acids is 1. The molecule has 8 nitrogen and oxygen atoms in total. The van der Waals surface area contributed by atoms with Gasteiger partial charge in [0.2, 0.25) is 5.82 Å². The summed E-state index contributed by atoms with van der Waals surface area (Å²) in [4.78, 5) is 12.0. The van der Waals surface area contributed by atoms with Gasteiger partial charge in [-0.1, -0.05) is 30.3 Å². The summed E-state index contributed by atoms with van der Waals surface area (Å²) >= 11 is 0. The molecule has 0 unspecified atom stereocenters. The Morgan fingerprint density at radius 2 is 1.60 bits per heavy atom. The molecule has 4 N–H and O–H groups in total. The number of nitrogens with two attached hydrogens (primary N) is 1. The maximum atomic E-state index is 12.0. The van der Waals surface area contributed by atoms with E-state index in [0.717, 1.165) is 5.56 Å². The molecule has 0 fully saturated rings. The predicted octanol–water partition coefficient (Wildman–Crippen LogP) is 3.12. The van der Waals surface area contributed by atoms with Crippen LogP contribution < -0.4 is 10.5 Å². The number of nitrogens with zero attached hydrogens (tertiary/aromatic N) is 3. The van der Waals surface area contributed by atoms with Gasteiger partial charge in [0.15, 0.2) is 5.82 Å². The summed E-state index contributed by atoms with van der Waals surface area (Å²) in [7, 11) is 1.55. The zero-order chi connectivity index (χ0) is 21.3. The molecular weight excluding hydrogens is 384 g/mol. The fourth-order valence-corrected chi connectivity index (χ4v) is 3.20. The second-order valence-electron chi connectivity index (χ2n) is 6.50. The van der Waals surface area contributed by atoms with Crippen molar-refractivity contribution in [2.24, 2.45) is 5.73 Å². The molecule has 0 aliphatic carbocycles. The minimum absolute atomic E-state index is 0.0897. The number of rotatable bonds is 5. The van der Waals surface area contributed by atoms with Crippen LogP contribution in [0.25, 0.3) is 28.2 Å². The Hall–Kier alpha value is -4.33. The molecule has 4 rings (SSSR count). The Bertz CT molecular complexity index is 1220. The van der Waals surface area contributed by atoms with Gasteiger partial charge in [0, 0.05) is 17.3 Å². The molecule has 0 radical (unpaired) electrons. The largest absolute Gasteiger partial charge is 0.507 e. The number of hydrogen-bond donors (Lipinski definition) is 3. The predicted molar refractivity (Wildman–Crippen MR) is 111 cm³/mol. The maximum Gasteiger partial charge on any atom is 0.287 e. The van der Waals surface area contributed by atoms with Gasteiger partial charge in [0.25, 0.3) is 5.91 Å². The lowest BCUT2D eigenvalue weighted by Gasteiger charge is -2.13. The lowest BCUT2D eigenvalue weighted by atomic mass is 10.0. The Balaban J connectivity index is 1.94. The van der Waals surface area contributed by atoms with Crippen LogP contribution in [0.5, 0.6) is 17.2 Å². The molecule has 0 atom stereocenters. The van der Waals surface area contributed by atoms with E-state index in [9.17, 15) is 15.0 Å². The summed E-state index contributed by atoms with van der Waals surface area (Å²) in [5, 5.41) is 28.9. The second kappa shape index (κ2) is 7.59. The molecule has 1 aromatic heterocycles. The van der Waals surface area contributed by atoms with Crippen molar-refractivity contribution in [2.45, 2.75) is 0 Å². The number of hydrogen-bond acceptors (Lipinski definition) is 6. The highest BCUT2D eigenvalue weighted by molar-refractivity contribution is 5.91. The van der Waals surface area contributed by atoms with E-state index in [1.54, 1.807) is 37.4 Å². The van der Waals surface area contributed by atoms with Gasteiger partial charge in [0.1, 0.15) is 17.2 Å². The zero-order valence-electron chi connectivity index (χ0n) is 16.0. The van der Waals surface area contributed by atoms with Crippen molar-refractivity contribution in [1.82, 2.24) is 14.8 Å². The maximum absolute atomic E-state index is 12.0. The molecule has 0 saturated heterocycles. The van der Waals surface area contributed by atoms with E-state index >= 15 is 0 Å². The van der Waals surface area contributed by atoms with Crippen molar-refractivity contribution in [2.75, 3.05) is 7.11 Å². The normalized spacial score (nSPS) is 10.7. The third-order valence-corrected chi connectivity index (χ3v) is 4.65. The van der Waals surface area contributed by atoms with Crippen molar-refractivity contribution in [3.05, 3.63) is 72.6 Å². The van der Waals surface area contributed by atoms with Crippen LogP contribution in [0, 0.1) is 0 Å². The molecule has 0 bridgehead atoms. The first-order chi connectivity index (χ1) is 14.5. The highest BCUT2D eigenvalue weighted by atomic mass is 16.5. The lowest BCUT2D eigenvalue weighted by Crippen LogP contribution is -2.17. The molecule has 30 heavy (non-hydrogen) atoms. The number of phenolic OH excluding ortho intramolecular Hbond substituents is 2. The van der Waals surface area contributed by atoms with E-state index in [1.165, 1.54) is 10.6 Å². The highest BCUT2D eigenvalue weighted by Crippen LogP contribution is 2.39. The molecule has 0 saturated carbocycles.